The molecule has 1 aliphatic carbocycles. The Bertz CT molecular complexity index is 254. The van der Waals surface area contributed by atoms with Crippen molar-refractivity contribution in [3.8, 4) is 0 Å². The molecule has 0 aromatic heterocycles. The molecular formula is C13H24N2O. The molecule has 1 aliphatic heterocycles. The van der Waals surface area contributed by atoms with Gasteiger partial charge in [-0.3, -0.25) is 4.79 Å². The molecule has 0 spiro atoms. The highest BCUT2D eigenvalue weighted by molar-refractivity contribution is 5.81. The number of likely N-dealkylation sites (tertiary alicyclic amines) is 1. The predicted molar refractivity (Wildman–Crippen MR) is 65.1 cm³/mol. The Kier molecular flexibility index (Phi) is 3.85. The third-order valence-corrected chi connectivity index (χ3v) is 4.06. The average molecular weight is 224 g/mol. The van der Waals surface area contributed by atoms with Crippen LogP contribution in [0.25, 0.3) is 0 Å². The molecule has 0 bridgehead atoms. The number of nitrogens with zero attached hydrogens (tertiary/aromatic N) is 1. The highest BCUT2D eigenvalue weighted by Gasteiger charge is 2.39. The molecule has 92 valence electrons. The molecule has 0 aromatic rings. The number of carbonyl (C=O) groups excluding carboxylic acids is 1. The molecule has 3 heteroatoms. The van der Waals surface area contributed by atoms with Gasteiger partial charge in [-0.15, -0.1) is 0 Å². The topological polar surface area (TPSA) is 32.3 Å². The lowest BCUT2D eigenvalue weighted by molar-refractivity contribution is -0.122. The first kappa shape index (κ1) is 11.9. The highest BCUT2D eigenvalue weighted by Crippen LogP contribution is 2.37. The minimum absolute atomic E-state index is 0.293. The molecule has 3 unspecified atom stereocenters. The van der Waals surface area contributed by atoms with Gasteiger partial charge in [-0.1, -0.05) is 13.8 Å². The summed E-state index contributed by atoms with van der Waals surface area (Å²) in [5.41, 5.74) is 0. The van der Waals surface area contributed by atoms with Crippen LogP contribution in [0.1, 0.15) is 33.1 Å². The molecule has 2 aliphatic rings. The van der Waals surface area contributed by atoms with Gasteiger partial charge in [0, 0.05) is 19.0 Å². The van der Waals surface area contributed by atoms with Gasteiger partial charge in [-0.2, -0.15) is 0 Å². The number of nitrogens with one attached hydrogen (secondary N) is 1. The van der Waals surface area contributed by atoms with Crippen molar-refractivity contribution in [1.82, 2.24) is 10.2 Å². The lowest BCUT2D eigenvalue weighted by Crippen LogP contribution is -2.41. The second-order valence-electron chi connectivity index (χ2n) is 5.47. The second-order valence-corrected chi connectivity index (χ2v) is 5.47. The lowest BCUT2D eigenvalue weighted by atomic mass is 9.98. The smallest absolute Gasteiger partial charge is 0.223 e. The van der Waals surface area contributed by atoms with Gasteiger partial charge in [0.25, 0.3) is 0 Å². The molecule has 1 N–H and O–H groups in total. The van der Waals surface area contributed by atoms with Crippen LogP contribution in [-0.4, -0.2) is 37.0 Å². The molecule has 3 nitrogen and oxygen atoms in total. The molecule has 2 rings (SSSR count). The van der Waals surface area contributed by atoms with Crippen LogP contribution in [-0.2, 0) is 4.79 Å². The monoisotopic (exact) mass is 224 g/mol. The summed E-state index contributed by atoms with van der Waals surface area (Å²) in [5, 5.41) is 3.12. The first-order chi connectivity index (χ1) is 7.70. The summed E-state index contributed by atoms with van der Waals surface area (Å²) in [5.74, 6) is 1.91. The fraction of sp³-hybridized carbons (Fsp3) is 0.923. The van der Waals surface area contributed by atoms with E-state index in [1.165, 1.54) is 19.4 Å². The predicted octanol–water partition coefficient (Wildman–Crippen LogP) is 1.49. The van der Waals surface area contributed by atoms with Gasteiger partial charge in [0.15, 0.2) is 0 Å². The van der Waals surface area contributed by atoms with Crippen molar-refractivity contribution < 1.29 is 4.79 Å². The van der Waals surface area contributed by atoms with Crippen LogP contribution in [0.4, 0.5) is 0 Å². The molecule has 1 heterocycles. The van der Waals surface area contributed by atoms with Crippen molar-refractivity contribution in [1.29, 1.82) is 0 Å². The number of hydrogen-bond donors (Lipinski definition) is 1. The van der Waals surface area contributed by atoms with E-state index in [9.17, 15) is 4.79 Å². The van der Waals surface area contributed by atoms with Crippen LogP contribution in [0.3, 0.4) is 0 Å². The van der Waals surface area contributed by atoms with E-state index >= 15 is 0 Å². The summed E-state index contributed by atoms with van der Waals surface area (Å²) in [4.78, 5) is 14.2. The zero-order chi connectivity index (χ0) is 11.5. The standard InChI is InChI=1S/C13H24N2O/c1-3-15-6-4-5-11(9-15)8-14-13(16)12-7-10(12)2/h10-12H,3-9H2,1-2H3,(H,14,16). The molecule has 1 amide bonds. The fourth-order valence-electron chi connectivity index (χ4n) is 2.67. The van der Waals surface area contributed by atoms with Crippen LogP contribution < -0.4 is 5.32 Å². The summed E-state index contributed by atoms with van der Waals surface area (Å²) >= 11 is 0. The lowest BCUT2D eigenvalue weighted by Gasteiger charge is -2.31. The van der Waals surface area contributed by atoms with Crippen molar-refractivity contribution in [3.63, 3.8) is 0 Å². The van der Waals surface area contributed by atoms with Gasteiger partial charge >= 0.3 is 0 Å². The highest BCUT2D eigenvalue weighted by atomic mass is 16.2. The number of piperidine rings is 1. The van der Waals surface area contributed by atoms with Gasteiger partial charge in [-0.25, -0.2) is 0 Å². The number of rotatable bonds is 4. The fourth-order valence-corrected chi connectivity index (χ4v) is 2.67. The number of carbonyl (C=O) groups is 1. The maximum Gasteiger partial charge on any atom is 0.223 e. The van der Waals surface area contributed by atoms with E-state index in [0.717, 1.165) is 26.1 Å². The van der Waals surface area contributed by atoms with E-state index in [4.69, 9.17) is 0 Å². The van der Waals surface area contributed by atoms with Gasteiger partial charge < -0.3 is 10.2 Å². The van der Waals surface area contributed by atoms with Crippen molar-refractivity contribution >= 4 is 5.91 Å². The average Bonchev–Trinajstić information content (AvgIpc) is 3.04. The Balaban J connectivity index is 1.67. The third kappa shape index (κ3) is 2.97. The van der Waals surface area contributed by atoms with Crippen LogP contribution in [0, 0.1) is 17.8 Å². The van der Waals surface area contributed by atoms with Crippen LogP contribution in [0.15, 0.2) is 0 Å². The maximum absolute atomic E-state index is 11.7. The number of amides is 1. The Morgan fingerprint density at radius 3 is 2.88 bits per heavy atom. The Labute approximate surface area is 98.6 Å². The SMILES string of the molecule is CCN1CCCC(CNC(=O)C2CC2C)C1. The third-order valence-electron chi connectivity index (χ3n) is 4.06. The summed E-state index contributed by atoms with van der Waals surface area (Å²) in [7, 11) is 0. The summed E-state index contributed by atoms with van der Waals surface area (Å²) < 4.78 is 0. The van der Waals surface area contributed by atoms with Crippen LogP contribution in [0.2, 0.25) is 0 Å². The molecule has 0 radical (unpaired) electrons. The van der Waals surface area contributed by atoms with E-state index in [1.54, 1.807) is 0 Å². The normalized spacial score (nSPS) is 34.8. The quantitative estimate of drug-likeness (QED) is 0.784. The molecule has 3 atom stereocenters. The molecular weight excluding hydrogens is 200 g/mol. The van der Waals surface area contributed by atoms with Crippen LogP contribution in [0.5, 0.6) is 0 Å². The van der Waals surface area contributed by atoms with E-state index in [-0.39, 0.29) is 0 Å². The summed E-state index contributed by atoms with van der Waals surface area (Å²) in [6.45, 7) is 8.80. The van der Waals surface area contributed by atoms with Crippen molar-refractivity contribution in [3.05, 3.63) is 0 Å². The number of hydrogen-bond acceptors (Lipinski definition) is 2. The van der Waals surface area contributed by atoms with Crippen LogP contribution >= 0.6 is 0 Å². The van der Waals surface area contributed by atoms with Gasteiger partial charge in [-0.05, 0) is 44.2 Å². The maximum atomic E-state index is 11.7. The van der Waals surface area contributed by atoms with E-state index < -0.39 is 0 Å². The zero-order valence-electron chi connectivity index (χ0n) is 10.5. The van der Waals surface area contributed by atoms with Gasteiger partial charge in [0.1, 0.15) is 0 Å². The minimum Gasteiger partial charge on any atom is -0.356 e. The van der Waals surface area contributed by atoms with Gasteiger partial charge in [0.05, 0.1) is 0 Å². The Morgan fingerprint density at radius 1 is 1.50 bits per heavy atom. The minimum atomic E-state index is 0.293. The molecule has 0 aromatic carbocycles. The van der Waals surface area contributed by atoms with Crippen molar-refractivity contribution in [2.75, 3.05) is 26.2 Å². The molecule has 1 saturated carbocycles. The zero-order valence-corrected chi connectivity index (χ0v) is 10.5. The second kappa shape index (κ2) is 5.17. The van der Waals surface area contributed by atoms with E-state index in [1.807, 2.05) is 0 Å². The Hall–Kier alpha value is -0.570. The van der Waals surface area contributed by atoms with E-state index in [2.05, 4.69) is 24.1 Å². The molecule has 2 fully saturated rings. The largest absolute Gasteiger partial charge is 0.356 e. The Morgan fingerprint density at radius 2 is 2.25 bits per heavy atom. The first-order valence-corrected chi connectivity index (χ1v) is 6.70. The summed E-state index contributed by atoms with van der Waals surface area (Å²) in [6.07, 6.45) is 3.66. The van der Waals surface area contributed by atoms with Crippen molar-refractivity contribution in [2.45, 2.75) is 33.1 Å². The first-order valence-electron chi connectivity index (χ1n) is 6.70. The summed E-state index contributed by atoms with van der Waals surface area (Å²) in [6, 6.07) is 0. The van der Waals surface area contributed by atoms with E-state index in [0.29, 0.717) is 23.7 Å². The molecule has 1 saturated heterocycles. The van der Waals surface area contributed by atoms with Gasteiger partial charge in [0.2, 0.25) is 5.91 Å². The van der Waals surface area contributed by atoms with Crippen molar-refractivity contribution in [2.24, 2.45) is 17.8 Å². The molecule has 16 heavy (non-hydrogen) atoms.